The van der Waals surface area contributed by atoms with Gasteiger partial charge < -0.3 is 4.57 Å². The molecule has 2 heterocycles. The Labute approximate surface area is 194 Å². The molecule has 0 N–H and O–H groups in total. The Morgan fingerprint density at radius 1 is 0.968 bits per heavy atom. The van der Waals surface area contributed by atoms with Crippen LogP contribution < -0.4 is 4.80 Å². The van der Waals surface area contributed by atoms with Crippen molar-refractivity contribution in [1.29, 1.82) is 0 Å². The molecule has 0 saturated carbocycles. The lowest BCUT2D eigenvalue weighted by molar-refractivity contribution is 0.0998. The molecule has 1 aliphatic rings. The highest BCUT2D eigenvalue weighted by molar-refractivity contribution is 7.89. The van der Waals surface area contributed by atoms with Gasteiger partial charge in [0.2, 0.25) is 10.0 Å². The van der Waals surface area contributed by atoms with Gasteiger partial charge in [-0.2, -0.15) is 9.30 Å². The zero-order valence-corrected chi connectivity index (χ0v) is 20.0. The molecule has 3 aromatic rings. The summed E-state index contributed by atoms with van der Waals surface area (Å²) in [6.45, 7) is 1.07. The number of carbonyl (C=O) groups excluding carboxylic acids is 1. The van der Waals surface area contributed by atoms with Crippen LogP contribution in [0, 0.1) is 0 Å². The molecular weight excluding hydrogens is 477 g/mol. The van der Waals surface area contributed by atoms with E-state index in [9.17, 15) is 13.2 Å². The molecule has 1 amide bonds. The molecule has 164 valence electrons. The Morgan fingerprint density at radius 2 is 1.58 bits per heavy atom. The second-order valence-corrected chi connectivity index (χ2v) is 11.1. The van der Waals surface area contributed by atoms with Crippen LogP contribution in [0.2, 0.25) is 10.0 Å². The van der Waals surface area contributed by atoms with Gasteiger partial charge in [-0.3, -0.25) is 4.79 Å². The van der Waals surface area contributed by atoms with Crippen molar-refractivity contribution in [2.45, 2.75) is 30.6 Å². The summed E-state index contributed by atoms with van der Waals surface area (Å²) in [5.41, 5.74) is 1.02. The molecule has 0 aliphatic carbocycles. The standard InChI is InChI=1S/C21H21Cl2N3O3S2/c1-25-18-16(22)10-11-17(23)19(18)30-21(25)24-20(27)14-6-8-15(9-7-14)31(28,29)26-12-4-2-3-5-13-26/h6-11H,2-5,12-13H2,1H3. The third kappa shape index (κ3) is 4.45. The summed E-state index contributed by atoms with van der Waals surface area (Å²) in [6.07, 6.45) is 3.84. The predicted molar refractivity (Wildman–Crippen MR) is 124 cm³/mol. The zero-order chi connectivity index (χ0) is 22.2. The average Bonchev–Trinajstić information content (AvgIpc) is 2.94. The number of aromatic nitrogens is 1. The molecule has 0 atom stereocenters. The van der Waals surface area contributed by atoms with Crippen LogP contribution in [0.1, 0.15) is 36.0 Å². The summed E-state index contributed by atoms with van der Waals surface area (Å²) >= 11 is 13.8. The maximum Gasteiger partial charge on any atom is 0.279 e. The van der Waals surface area contributed by atoms with Gasteiger partial charge in [0.05, 0.1) is 25.2 Å². The van der Waals surface area contributed by atoms with E-state index in [1.807, 2.05) is 0 Å². The third-order valence-electron chi connectivity index (χ3n) is 5.35. The molecule has 1 saturated heterocycles. The minimum Gasteiger partial charge on any atom is -0.318 e. The second-order valence-electron chi connectivity index (χ2n) is 7.41. The van der Waals surface area contributed by atoms with Crippen LogP contribution in [0.15, 0.2) is 46.3 Å². The highest BCUT2D eigenvalue weighted by Gasteiger charge is 2.25. The lowest BCUT2D eigenvalue weighted by Crippen LogP contribution is -2.31. The smallest absolute Gasteiger partial charge is 0.279 e. The Kier molecular flexibility index (Phi) is 6.55. The van der Waals surface area contributed by atoms with E-state index >= 15 is 0 Å². The van der Waals surface area contributed by atoms with Gasteiger partial charge in [0.1, 0.15) is 0 Å². The number of hydrogen-bond acceptors (Lipinski definition) is 4. The van der Waals surface area contributed by atoms with E-state index in [4.69, 9.17) is 23.2 Å². The topological polar surface area (TPSA) is 71.7 Å². The van der Waals surface area contributed by atoms with Crippen molar-refractivity contribution in [1.82, 2.24) is 8.87 Å². The predicted octanol–water partition coefficient (Wildman–Crippen LogP) is 4.85. The first kappa shape index (κ1) is 22.5. The highest BCUT2D eigenvalue weighted by atomic mass is 35.5. The molecule has 1 aromatic heterocycles. The van der Waals surface area contributed by atoms with Crippen LogP contribution in [-0.4, -0.2) is 36.3 Å². The molecule has 1 fully saturated rings. The number of thiazole rings is 1. The number of amides is 1. The second kappa shape index (κ2) is 9.03. The van der Waals surface area contributed by atoms with Gasteiger partial charge in [-0.25, -0.2) is 8.42 Å². The molecule has 2 aromatic carbocycles. The van der Waals surface area contributed by atoms with E-state index < -0.39 is 15.9 Å². The Bertz CT molecular complexity index is 1300. The lowest BCUT2D eigenvalue weighted by Gasteiger charge is -2.19. The van der Waals surface area contributed by atoms with Crippen LogP contribution in [0.25, 0.3) is 10.2 Å². The fraction of sp³-hybridized carbons (Fsp3) is 0.333. The van der Waals surface area contributed by atoms with Crippen molar-refractivity contribution >= 4 is 60.7 Å². The number of benzene rings is 2. The molecule has 0 bridgehead atoms. The van der Waals surface area contributed by atoms with Crippen molar-refractivity contribution in [2.75, 3.05) is 13.1 Å². The highest BCUT2D eigenvalue weighted by Crippen LogP contribution is 2.31. The van der Waals surface area contributed by atoms with Crippen LogP contribution in [0.4, 0.5) is 0 Å². The van der Waals surface area contributed by atoms with E-state index in [1.165, 1.54) is 39.9 Å². The molecular formula is C21H21Cl2N3O3S2. The molecule has 0 radical (unpaired) electrons. The van der Waals surface area contributed by atoms with Crippen LogP contribution in [-0.2, 0) is 17.1 Å². The summed E-state index contributed by atoms with van der Waals surface area (Å²) in [7, 11) is -1.79. The first-order chi connectivity index (χ1) is 14.8. The number of halogens is 2. The van der Waals surface area contributed by atoms with Crippen molar-refractivity contribution in [2.24, 2.45) is 12.0 Å². The normalized spacial score (nSPS) is 16.5. The van der Waals surface area contributed by atoms with E-state index in [1.54, 1.807) is 23.7 Å². The van der Waals surface area contributed by atoms with Crippen LogP contribution in [0.5, 0.6) is 0 Å². The zero-order valence-electron chi connectivity index (χ0n) is 16.8. The van der Waals surface area contributed by atoms with E-state index in [-0.39, 0.29) is 4.90 Å². The van der Waals surface area contributed by atoms with Gasteiger partial charge in [0, 0.05) is 25.7 Å². The first-order valence-electron chi connectivity index (χ1n) is 9.92. The van der Waals surface area contributed by atoms with E-state index in [0.29, 0.717) is 39.0 Å². The van der Waals surface area contributed by atoms with Gasteiger partial charge in [-0.05, 0) is 49.2 Å². The van der Waals surface area contributed by atoms with Gasteiger partial charge in [0.15, 0.2) is 4.80 Å². The number of fused-ring (bicyclic) bond motifs is 1. The molecule has 1 aliphatic heterocycles. The minimum atomic E-state index is -3.56. The molecule has 0 unspecified atom stereocenters. The monoisotopic (exact) mass is 497 g/mol. The lowest BCUT2D eigenvalue weighted by atomic mass is 10.2. The summed E-state index contributed by atoms with van der Waals surface area (Å²) < 4.78 is 29.8. The average molecular weight is 498 g/mol. The first-order valence-corrected chi connectivity index (χ1v) is 12.9. The number of hydrogen-bond donors (Lipinski definition) is 0. The van der Waals surface area contributed by atoms with Crippen molar-refractivity contribution in [3.05, 3.63) is 56.8 Å². The number of aryl methyl sites for hydroxylation is 1. The molecule has 0 spiro atoms. The van der Waals surface area contributed by atoms with Gasteiger partial charge in [0.25, 0.3) is 5.91 Å². The van der Waals surface area contributed by atoms with Gasteiger partial charge in [-0.15, -0.1) is 0 Å². The Morgan fingerprint density at radius 3 is 2.19 bits per heavy atom. The van der Waals surface area contributed by atoms with Crippen molar-refractivity contribution in [3.63, 3.8) is 0 Å². The van der Waals surface area contributed by atoms with E-state index in [0.717, 1.165) is 30.4 Å². The molecule has 4 rings (SSSR count). The van der Waals surface area contributed by atoms with E-state index in [2.05, 4.69) is 4.99 Å². The Hall–Kier alpha value is -1.71. The van der Waals surface area contributed by atoms with Crippen LogP contribution in [0.3, 0.4) is 0 Å². The summed E-state index contributed by atoms with van der Waals surface area (Å²) in [4.78, 5) is 17.6. The Balaban J connectivity index is 1.63. The third-order valence-corrected chi connectivity index (χ3v) is 9.16. The van der Waals surface area contributed by atoms with Crippen LogP contribution >= 0.6 is 34.5 Å². The van der Waals surface area contributed by atoms with Gasteiger partial charge >= 0.3 is 0 Å². The number of nitrogens with zero attached hydrogens (tertiary/aromatic N) is 3. The van der Waals surface area contributed by atoms with Crippen molar-refractivity contribution in [3.8, 4) is 0 Å². The SMILES string of the molecule is Cn1c(=NC(=O)c2ccc(S(=O)(=O)N3CCCCCC3)cc2)sc2c(Cl)ccc(Cl)c21. The summed E-state index contributed by atoms with van der Waals surface area (Å²) in [5, 5.41) is 1.06. The molecule has 6 nitrogen and oxygen atoms in total. The minimum absolute atomic E-state index is 0.192. The fourth-order valence-electron chi connectivity index (χ4n) is 3.64. The number of carbonyl (C=O) groups is 1. The fourth-order valence-corrected chi connectivity index (χ4v) is 6.81. The van der Waals surface area contributed by atoms with Crippen molar-refractivity contribution < 1.29 is 13.2 Å². The summed E-state index contributed by atoms with van der Waals surface area (Å²) in [6, 6.07) is 9.36. The maximum absolute atomic E-state index is 12.9. The number of rotatable bonds is 3. The van der Waals surface area contributed by atoms with Gasteiger partial charge in [-0.1, -0.05) is 47.4 Å². The number of sulfonamides is 1. The molecule has 31 heavy (non-hydrogen) atoms. The summed E-state index contributed by atoms with van der Waals surface area (Å²) in [5.74, 6) is -0.465. The largest absolute Gasteiger partial charge is 0.318 e. The molecule has 10 heteroatoms. The maximum atomic E-state index is 12.9. The quantitative estimate of drug-likeness (QED) is 0.518.